The summed E-state index contributed by atoms with van der Waals surface area (Å²) in [6, 6.07) is 19.1. The molecule has 0 saturated carbocycles. The summed E-state index contributed by atoms with van der Waals surface area (Å²) in [5.74, 6) is 0.304. The van der Waals surface area contributed by atoms with Gasteiger partial charge in [0.15, 0.2) is 0 Å². The Hall–Kier alpha value is -2.14. The second kappa shape index (κ2) is 10.8. The largest absolute Gasteiger partial charge is 0.457 e. The highest BCUT2D eigenvalue weighted by atomic mass is 31.2. The van der Waals surface area contributed by atoms with Gasteiger partial charge in [0.05, 0.1) is 13.2 Å². The Kier molecular flexibility index (Phi) is 8.35. The van der Waals surface area contributed by atoms with Gasteiger partial charge in [-0.15, -0.1) is 4.76 Å². The molecule has 6 nitrogen and oxygen atoms in total. The van der Waals surface area contributed by atoms with Crippen LogP contribution in [0, 0.1) is 0 Å². The summed E-state index contributed by atoms with van der Waals surface area (Å²) in [5.41, 5.74) is 1.62. The number of para-hydroxylation sites is 2. The van der Waals surface area contributed by atoms with Gasteiger partial charge in [0.25, 0.3) is 0 Å². The van der Waals surface area contributed by atoms with Crippen molar-refractivity contribution in [1.29, 1.82) is 0 Å². The van der Waals surface area contributed by atoms with Crippen LogP contribution in [0.3, 0.4) is 0 Å². The fourth-order valence-electron chi connectivity index (χ4n) is 2.03. The van der Waals surface area contributed by atoms with E-state index in [1.54, 1.807) is 0 Å². The van der Waals surface area contributed by atoms with Gasteiger partial charge >= 0.3 is 7.75 Å². The average molecular weight is 375 g/mol. The first kappa shape index (κ1) is 20.2. The highest BCUT2D eigenvalue weighted by Crippen LogP contribution is 2.50. The maximum Gasteiger partial charge on any atom is 0.457 e. The topological polar surface area (TPSA) is 72.0 Å². The van der Waals surface area contributed by atoms with Crippen molar-refractivity contribution in [3.8, 4) is 0 Å². The maximum atomic E-state index is 13.0. The molecule has 0 fully saturated rings. The summed E-state index contributed by atoms with van der Waals surface area (Å²) in [6.45, 7) is 4.52. The van der Waals surface area contributed by atoms with Crippen LogP contribution in [0.15, 0.2) is 65.4 Å². The molecule has 0 spiro atoms. The zero-order chi connectivity index (χ0) is 18.7. The molecule has 0 aromatic heterocycles. The van der Waals surface area contributed by atoms with E-state index in [0.29, 0.717) is 19.2 Å². The van der Waals surface area contributed by atoms with Crippen LogP contribution in [-0.2, 0) is 13.6 Å². The second-order valence-corrected chi connectivity index (χ2v) is 7.22. The Morgan fingerprint density at radius 3 is 1.65 bits per heavy atom. The lowest BCUT2D eigenvalue weighted by Crippen LogP contribution is -2.22. The molecule has 0 atom stereocenters. The lowest BCUT2D eigenvalue weighted by molar-refractivity contribution is 0.205. The number of guanidine groups is 1. The van der Waals surface area contributed by atoms with Gasteiger partial charge in [0.1, 0.15) is 0 Å². The standard InChI is InChI=1S/C19H26N3O3P/c1-3-15-24-26(23,25-16-4-2)22-19(20-17-11-7-5-8-12-17)21-18-13-9-6-10-14-18/h5-14H,3-4,15-16H2,1-2H3,(H2,20,21,22,23). The van der Waals surface area contributed by atoms with Crippen LogP contribution in [0.5, 0.6) is 0 Å². The number of benzene rings is 2. The predicted molar refractivity (Wildman–Crippen MR) is 108 cm³/mol. The molecule has 0 aliphatic rings. The van der Waals surface area contributed by atoms with Gasteiger partial charge in [0.2, 0.25) is 5.96 Å². The van der Waals surface area contributed by atoms with Crippen LogP contribution in [0.1, 0.15) is 26.7 Å². The summed E-state index contributed by atoms with van der Waals surface area (Å²) < 4.78 is 28.2. The molecule has 0 bridgehead atoms. The van der Waals surface area contributed by atoms with Gasteiger partial charge in [-0.3, -0.25) is 9.05 Å². The summed E-state index contributed by atoms with van der Waals surface area (Å²) in [7, 11) is -3.62. The number of nitrogens with zero attached hydrogens (tertiary/aromatic N) is 1. The lowest BCUT2D eigenvalue weighted by Gasteiger charge is -2.17. The van der Waals surface area contributed by atoms with Gasteiger partial charge in [0, 0.05) is 11.4 Å². The van der Waals surface area contributed by atoms with E-state index in [0.717, 1.165) is 24.2 Å². The molecule has 0 radical (unpaired) electrons. The highest BCUT2D eigenvalue weighted by molar-refractivity contribution is 7.52. The van der Waals surface area contributed by atoms with E-state index < -0.39 is 7.75 Å². The van der Waals surface area contributed by atoms with Crippen molar-refractivity contribution in [1.82, 2.24) is 0 Å². The quantitative estimate of drug-likeness (QED) is 0.343. The summed E-state index contributed by atoms with van der Waals surface area (Å²) in [6.07, 6.45) is 1.45. The Bertz CT molecular complexity index is 668. The molecular formula is C19H26N3O3P. The van der Waals surface area contributed by atoms with Crippen molar-refractivity contribution in [2.24, 2.45) is 4.76 Å². The molecule has 2 aromatic rings. The zero-order valence-electron chi connectivity index (χ0n) is 15.2. The molecule has 0 saturated heterocycles. The van der Waals surface area contributed by atoms with Crippen LogP contribution in [0.2, 0.25) is 0 Å². The van der Waals surface area contributed by atoms with E-state index in [9.17, 15) is 4.57 Å². The first-order valence-electron chi connectivity index (χ1n) is 8.78. The Morgan fingerprint density at radius 2 is 1.27 bits per heavy atom. The normalized spacial score (nSPS) is 11.0. The number of rotatable bonds is 9. The lowest BCUT2D eigenvalue weighted by atomic mass is 10.3. The minimum Gasteiger partial charge on any atom is -0.326 e. The summed E-state index contributed by atoms with van der Waals surface area (Å²) in [5, 5.41) is 6.29. The molecule has 0 amide bonds. The molecule has 2 aromatic carbocycles. The number of hydrogen-bond acceptors (Lipinski definition) is 3. The van der Waals surface area contributed by atoms with Crippen LogP contribution >= 0.6 is 7.75 Å². The van der Waals surface area contributed by atoms with E-state index in [4.69, 9.17) is 9.05 Å². The van der Waals surface area contributed by atoms with Crippen molar-refractivity contribution in [2.45, 2.75) is 26.7 Å². The summed E-state index contributed by atoms with van der Waals surface area (Å²) in [4.78, 5) is 0. The van der Waals surface area contributed by atoms with E-state index in [-0.39, 0.29) is 0 Å². The van der Waals surface area contributed by atoms with Crippen molar-refractivity contribution < 1.29 is 13.6 Å². The molecule has 26 heavy (non-hydrogen) atoms. The van der Waals surface area contributed by atoms with Crippen molar-refractivity contribution in [2.75, 3.05) is 23.8 Å². The van der Waals surface area contributed by atoms with E-state index in [1.807, 2.05) is 74.5 Å². The molecule has 7 heteroatoms. The van der Waals surface area contributed by atoms with Gasteiger partial charge in [-0.05, 0) is 37.1 Å². The molecule has 2 rings (SSSR count). The number of hydrogen-bond donors (Lipinski definition) is 2. The van der Waals surface area contributed by atoms with Crippen LogP contribution in [0.4, 0.5) is 11.4 Å². The van der Waals surface area contributed by atoms with Gasteiger partial charge in [-0.25, -0.2) is 4.57 Å². The zero-order valence-corrected chi connectivity index (χ0v) is 16.1. The van der Waals surface area contributed by atoms with Crippen LogP contribution < -0.4 is 10.6 Å². The van der Waals surface area contributed by atoms with Gasteiger partial charge in [-0.1, -0.05) is 50.2 Å². The Morgan fingerprint density at radius 1 is 0.846 bits per heavy atom. The molecule has 140 valence electrons. The SMILES string of the molecule is CCCOP(=O)(N=C(Nc1ccccc1)Nc1ccccc1)OCCC. The Balaban J connectivity index is 2.28. The van der Waals surface area contributed by atoms with Crippen molar-refractivity contribution in [3.63, 3.8) is 0 Å². The van der Waals surface area contributed by atoms with E-state index >= 15 is 0 Å². The maximum absolute atomic E-state index is 13.0. The molecule has 2 N–H and O–H groups in total. The monoisotopic (exact) mass is 375 g/mol. The molecular weight excluding hydrogens is 349 g/mol. The fraction of sp³-hybridized carbons (Fsp3) is 0.316. The third-order valence-corrected chi connectivity index (χ3v) is 4.68. The predicted octanol–water partition coefficient (Wildman–Crippen LogP) is 5.53. The van der Waals surface area contributed by atoms with Gasteiger partial charge in [-0.2, -0.15) is 0 Å². The number of anilines is 2. The third kappa shape index (κ3) is 7.00. The third-order valence-electron chi connectivity index (χ3n) is 3.21. The minimum atomic E-state index is -3.62. The minimum absolute atomic E-state index is 0.304. The molecule has 0 unspecified atom stereocenters. The number of nitrogens with one attached hydrogen (secondary N) is 2. The molecule has 0 heterocycles. The fourth-order valence-corrected chi connectivity index (χ4v) is 3.39. The first-order chi connectivity index (χ1) is 12.6. The van der Waals surface area contributed by atoms with Crippen LogP contribution in [0.25, 0.3) is 0 Å². The van der Waals surface area contributed by atoms with E-state index in [2.05, 4.69) is 15.4 Å². The van der Waals surface area contributed by atoms with Crippen molar-refractivity contribution >= 4 is 25.1 Å². The second-order valence-electron chi connectivity index (χ2n) is 5.57. The summed E-state index contributed by atoms with van der Waals surface area (Å²) >= 11 is 0. The van der Waals surface area contributed by atoms with E-state index in [1.165, 1.54) is 0 Å². The first-order valence-corrected chi connectivity index (χ1v) is 10.3. The average Bonchev–Trinajstić information content (AvgIpc) is 2.66. The molecule has 0 aliphatic carbocycles. The highest BCUT2D eigenvalue weighted by Gasteiger charge is 2.25. The van der Waals surface area contributed by atoms with Crippen molar-refractivity contribution in [3.05, 3.63) is 60.7 Å². The molecule has 0 aliphatic heterocycles. The smallest absolute Gasteiger partial charge is 0.326 e. The van der Waals surface area contributed by atoms with Gasteiger partial charge < -0.3 is 10.6 Å². The Labute approximate surface area is 155 Å². The van der Waals surface area contributed by atoms with Crippen LogP contribution in [-0.4, -0.2) is 19.2 Å².